The maximum atomic E-state index is 13.1. The van der Waals surface area contributed by atoms with Crippen molar-refractivity contribution in [3.8, 4) is 0 Å². The Hall–Kier alpha value is -2.86. The predicted molar refractivity (Wildman–Crippen MR) is 111 cm³/mol. The molecule has 144 valence electrons. The molecule has 1 aliphatic rings. The summed E-state index contributed by atoms with van der Waals surface area (Å²) in [5.74, 6) is -0.216. The molecule has 0 radical (unpaired) electrons. The minimum atomic E-state index is -3.74. The molecule has 1 amide bonds. The Morgan fingerprint density at radius 2 is 1.64 bits per heavy atom. The largest absolute Gasteiger partial charge is 0.334 e. The first-order chi connectivity index (χ1) is 13.4. The summed E-state index contributed by atoms with van der Waals surface area (Å²) in [4.78, 5) is 15.1. The molecule has 28 heavy (non-hydrogen) atoms. The van der Waals surface area contributed by atoms with E-state index in [2.05, 4.69) is 0 Å². The number of amides is 1. The van der Waals surface area contributed by atoms with Crippen molar-refractivity contribution in [2.45, 2.75) is 31.3 Å². The fourth-order valence-corrected chi connectivity index (χ4v) is 5.34. The van der Waals surface area contributed by atoms with Crippen LogP contribution in [0.15, 0.2) is 71.6 Å². The average Bonchev–Trinajstić information content (AvgIpc) is 2.90. The van der Waals surface area contributed by atoms with Crippen molar-refractivity contribution in [3.05, 3.63) is 72.3 Å². The van der Waals surface area contributed by atoms with E-state index in [1.54, 1.807) is 23.1 Å². The third-order valence-electron chi connectivity index (χ3n) is 5.10. The number of rotatable bonds is 5. The van der Waals surface area contributed by atoms with Gasteiger partial charge in [0.05, 0.1) is 10.6 Å². The summed E-state index contributed by atoms with van der Waals surface area (Å²) in [5, 5.41) is 1.55. The second-order valence-corrected chi connectivity index (χ2v) is 9.07. The third kappa shape index (κ3) is 3.03. The number of anilines is 1. The second-order valence-electron chi connectivity index (χ2n) is 7.24. The summed E-state index contributed by atoms with van der Waals surface area (Å²) in [7, 11) is -3.74. The Kier molecular flexibility index (Phi) is 4.59. The highest BCUT2D eigenvalue weighted by Crippen LogP contribution is 2.41. The van der Waals surface area contributed by atoms with Crippen LogP contribution in [0.3, 0.4) is 0 Å². The molecule has 0 saturated carbocycles. The molecule has 0 saturated heterocycles. The van der Waals surface area contributed by atoms with Crippen molar-refractivity contribution in [3.63, 3.8) is 0 Å². The van der Waals surface area contributed by atoms with Crippen LogP contribution in [0.25, 0.3) is 10.8 Å². The molecule has 3 aromatic carbocycles. The van der Waals surface area contributed by atoms with Gasteiger partial charge in [0.2, 0.25) is 5.91 Å². The van der Waals surface area contributed by atoms with Gasteiger partial charge in [0.1, 0.15) is 6.54 Å². The highest BCUT2D eigenvalue weighted by molar-refractivity contribution is 7.93. The summed E-state index contributed by atoms with van der Waals surface area (Å²) in [6.07, 6.45) is 0. The number of hydrogen-bond donors (Lipinski definition) is 0. The minimum Gasteiger partial charge on any atom is -0.334 e. The SMILES string of the molecule is CC(C)N(Cc1ccccc1)C(=O)CN1c2cccc3cccc(c23)S1(=O)=O. The Balaban J connectivity index is 1.67. The molecule has 0 fully saturated rings. The highest BCUT2D eigenvalue weighted by atomic mass is 32.2. The second kappa shape index (κ2) is 6.95. The average molecular weight is 394 g/mol. The molecular formula is C22H22N2O3S. The maximum Gasteiger partial charge on any atom is 0.265 e. The molecule has 0 bridgehead atoms. The molecule has 0 spiro atoms. The summed E-state index contributed by atoms with van der Waals surface area (Å²) >= 11 is 0. The van der Waals surface area contributed by atoms with Gasteiger partial charge in [0.15, 0.2) is 0 Å². The van der Waals surface area contributed by atoms with E-state index in [-0.39, 0.29) is 23.4 Å². The Morgan fingerprint density at radius 3 is 2.32 bits per heavy atom. The molecule has 1 aliphatic heterocycles. The van der Waals surface area contributed by atoms with E-state index >= 15 is 0 Å². The summed E-state index contributed by atoms with van der Waals surface area (Å²) in [6, 6.07) is 20.4. The smallest absolute Gasteiger partial charge is 0.265 e. The topological polar surface area (TPSA) is 57.7 Å². The van der Waals surface area contributed by atoms with Crippen LogP contribution in [-0.4, -0.2) is 31.8 Å². The van der Waals surface area contributed by atoms with E-state index in [4.69, 9.17) is 0 Å². The number of benzene rings is 3. The lowest BCUT2D eigenvalue weighted by molar-refractivity contribution is -0.131. The predicted octanol–water partition coefficient (Wildman–Crippen LogP) is 3.79. The number of carbonyl (C=O) groups is 1. The maximum absolute atomic E-state index is 13.1. The number of carbonyl (C=O) groups excluding carboxylic acids is 1. The van der Waals surface area contributed by atoms with Crippen molar-refractivity contribution >= 4 is 32.4 Å². The standard InChI is InChI=1S/C22H22N2O3S/c1-16(2)23(14-17-8-4-3-5-9-17)21(25)15-24-19-12-6-10-18-11-7-13-20(22(18)19)28(24,26)27/h3-13,16H,14-15H2,1-2H3. The fourth-order valence-electron chi connectivity index (χ4n) is 3.68. The monoisotopic (exact) mass is 394 g/mol. The van der Waals surface area contributed by atoms with E-state index in [0.29, 0.717) is 17.6 Å². The zero-order chi connectivity index (χ0) is 19.9. The van der Waals surface area contributed by atoms with Gasteiger partial charge >= 0.3 is 0 Å². The van der Waals surface area contributed by atoms with Crippen LogP contribution in [0, 0.1) is 0 Å². The third-order valence-corrected chi connectivity index (χ3v) is 6.90. The van der Waals surface area contributed by atoms with Gasteiger partial charge in [-0.1, -0.05) is 54.6 Å². The Labute approximate surface area is 165 Å². The van der Waals surface area contributed by atoms with Gasteiger partial charge in [0, 0.05) is 18.0 Å². The van der Waals surface area contributed by atoms with Crippen molar-refractivity contribution in [2.75, 3.05) is 10.8 Å². The normalized spacial score (nSPS) is 14.6. The molecule has 1 heterocycles. The van der Waals surface area contributed by atoms with Crippen molar-refractivity contribution < 1.29 is 13.2 Å². The zero-order valence-electron chi connectivity index (χ0n) is 15.9. The lowest BCUT2D eigenvalue weighted by Crippen LogP contribution is -2.44. The zero-order valence-corrected chi connectivity index (χ0v) is 16.7. The first kappa shape index (κ1) is 18.5. The van der Waals surface area contributed by atoms with Crippen LogP contribution in [0.1, 0.15) is 19.4 Å². The first-order valence-electron chi connectivity index (χ1n) is 9.27. The van der Waals surface area contributed by atoms with Gasteiger partial charge in [-0.2, -0.15) is 0 Å². The number of sulfonamides is 1. The van der Waals surface area contributed by atoms with Crippen molar-refractivity contribution in [2.24, 2.45) is 0 Å². The van der Waals surface area contributed by atoms with Crippen LogP contribution in [0.4, 0.5) is 5.69 Å². The quantitative estimate of drug-likeness (QED) is 0.662. The molecule has 0 N–H and O–H groups in total. The summed E-state index contributed by atoms with van der Waals surface area (Å²) in [5.41, 5.74) is 1.59. The Bertz CT molecular complexity index is 1140. The van der Waals surface area contributed by atoms with E-state index in [9.17, 15) is 13.2 Å². The van der Waals surface area contributed by atoms with E-state index in [1.807, 2.05) is 62.4 Å². The number of nitrogens with zero attached hydrogens (tertiary/aromatic N) is 2. The van der Waals surface area contributed by atoms with Gasteiger partial charge in [-0.25, -0.2) is 8.42 Å². The van der Waals surface area contributed by atoms with Gasteiger partial charge in [0.25, 0.3) is 10.0 Å². The lowest BCUT2D eigenvalue weighted by Gasteiger charge is -2.29. The summed E-state index contributed by atoms with van der Waals surface area (Å²) in [6.45, 7) is 4.12. The van der Waals surface area contributed by atoms with Gasteiger partial charge in [-0.3, -0.25) is 9.10 Å². The first-order valence-corrected chi connectivity index (χ1v) is 10.7. The molecule has 0 aliphatic carbocycles. The van der Waals surface area contributed by atoms with Gasteiger partial charge in [-0.05, 0) is 36.9 Å². The minimum absolute atomic E-state index is 0.0452. The fraction of sp³-hybridized carbons (Fsp3) is 0.227. The number of hydrogen-bond acceptors (Lipinski definition) is 3. The van der Waals surface area contributed by atoms with Crippen LogP contribution in [0.2, 0.25) is 0 Å². The highest BCUT2D eigenvalue weighted by Gasteiger charge is 2.37. The lowest BCUT2D eigenvalue weighted by atomic mass is 10.1. The van der Waals surface area contributed by atoms with Crippen LogP contribution < -0.4 is 4.31 Å². The van der Waals surface area contributed by atoms with Gasteiger partial charge < -0.3 is 4.90 Å². The molecule has 0 atom stereocenters. The molecule has 4 rings (SSSR count). The molecular weight excluding hydrogens is 372 g/mol. The van der Waals surface area contributed by atoms with Crippen LogP contribution in [0.5, 0.6) is 0 Å². The molecule has 3 aromatic rings. The van der Waals surface area contributed by atoms with E-state index < -0.39 is 10.0 Å². The molecule has 0 aromatic heterocycles. The van der Waals surface area contributed by atoms with Crippen molar-refractivity contribution in [1.29, 1.82) is 0 Å². The molecule has 5 nitrogen and oxygen atoms in total. The van der Waals surface area contributed by atoms with E-state index in [1.165, 1.54) is 4.31 Å². The van der Waals surface area contributed by atoms with Crippen LogP contribution in [-0.2, 0) is 21.4 Å². The molecule has 0 unspecified atom stereocenters. The Morgan fingerprint density at radius 1 is 0.964 bits per heavy atom. The van der Waals surface area contributed by atoms with Crippen LogP contribution >= 0.6 is 0 Å². The van der Waals surface area contributed by atoms with Gasteiger partial charge in [-0.15, -0.1) is 0 Å². The van der Waals surface area contributed by atoms with Crippen molar-refractivity contribution in [1.82, 2.24) is 4.90 Å². The van der Waals surface area contributed by atoms with E-state index in [0.717, 1.165) is 10.9 Å². The molecule has 6 heteroatoms. The summed E-state index contributed by atoms with van der Waals surface area (Å²) < 4.78 is 27.5.